The van der Waals surface area contributed by atoms with E-state index in [-0.39, 0.29) is 24.6 Å². The minimum absolute atomic E-state index is 0.0435. The predicted octanol–water partition coefficient (Wildman–Crippen LogP) is 5.30. The summed E-state index contributed by atoms with van der Waals surface area (Å²) < 4.78 is 42.8. The minimum atomic E-state index is -4.41. The van der Waals surface area contributed by atoms with Crippen molar-refractivity contribution < 1.29 is 23.1 Å². The van der Waals surface area contributed by atoms with Gasteiger partial charge in [-0.1, -0.05) is 12.8 Å². The van der Waals surface area contributed by atoms with E-state index in [1.807, 2.05) is 27.8 Å². The number of halogens is 3. The number of nitrogens with zero attached hydrogens (tertiary/aromatic N) is 4. The molecule has 6 nitrogen and oxygen atoms in total. The van der Waals surface area contributed by atoms with Gasteiger partial charge < -0.3 is 10.0 Å². The second-order valence-corrected chi connectivity index (χ2v) is 10.0. The van der Waals surface area contributed by atoms with Gasteiger partial charge in [-0.2, -0.15) is 18.3 Å². The number of benzene rings is 2. The first-order valence-electron chi connectivity index (χ1n) is 12.3. The van der Waals surface area contributed by atoms with Gasteiger partial charge in [-0.05, 0) is 67.6 Å². The summed E-state index contributed by atoms with van der Waals surface area (Å²) in [5, 5.41) is 16.2. The van der Waals surface area contributed by atoms with Crippen molar-refractivity contribution in [2.24, 2.45) is 13.0 Å². The Bertz CT molecular complexity index is 1450. The highest BCUT2D eigenvalue weighted by molar-refractivity contribution is 6.10. The zero-order chi connectivity index (χ0) is 25.2. The molecule has 1 aliphatic carbocycles. The molecule has 1 saturated carbocycles. The zero-order valence-corrected chi connectivity index (χ0v) is 19.9. The van der Waals surface area contributed by atoms with E-state index >= 15 is 0 Å². The fourth-order valence-corrected chi connectivity index (χ4v) is 6.28. The molecule has 6 rings (SSSR count). The average Bonchev–Trinajstić information content (AvgIpc) is 3.51. The van der Waals surface area contributed by atoms with Gasteiger partial charge in [0.2, 0.25) is 0 Å². The smallest absolute Gasteiger partial charge is 0.394 e. The summed E-state index contributed by atoms with van der Waals surface area (Å²) in [6, 6.07) is 10.5. The highest BCUT2D eigenvalue weighted by Crippen LogP contribution is 2.41. The highest BCUT2D eigenvalue weighted by Gasteiger charge is 2.44. The average molecular weight is 497 g/mol. The second kappa shape index (κ2) is 8.37. The number of aliphatic hydroxyl groups excluding tert-OH is 1. The number of likely N-dealkylation sites (tertiary alicyclic amines) is 1. The van der Waals surface area contributed by atoms with Crippen LogP contribution in [-0.2, 0) is 13.2 Å². The van der Waals surface area contributed by atoms with Gasteiger partial charge in [-0.25, -0.2) is 0 Å². The molecule has 2 aliphatic rings. The number of carbonyl (C=O) groups is 1. The number of aromatic nitrogens is 3. The number of fused-ring (bicyclic) bond motifs is 4. The monoisotopic (exact) mass is 496 g/mol. The van der Waals surface area contributed by atoms with Crippen molar-refractivity contribution in [2.45, 2.75) is 50.4 Å². The van der Waals surface area contributed by atoms with Gasteiger partial charge in [-0.3, -0.25) is 14.0 Å². The minimum Gasteiger partial charge on any atom is -0.394 e. The Morgan fingerprint density at radius 1 is 1.08 bits per heavy atom. The maximum Gasteiger partial charge on any atom is 0.416 e. The molecule has 3 atom stereocenters. The van der Waals surface area contributed by atoms with Crippen LogP contribution >= 0.6 is 0 Å². The van der Waals surface area contributed by atoms with E-state index in [4.69, 9.17) is 0 Å². The van der Waals surface area contributed by atoms with Crippen LogP contribution in [0.5, 0.6) is 0 Å². The predicted molar refractivity (Wildman–Crippen MR) is 130 cm³/mol. The van der Waals surface area contributed by atoms with Crippen molar-refractivity contribution in [1.29, 1.82) is 0 Å². The lowest BCUT2D eigenvalue weighted by Gasteiger charge is -2.33. The first-order chi connectivity index (χ1) is 17.3. The van der Waals surface area contributed by atoms with E-state index in [9.17, 15) is 23.1 Å². The molecule has 0 bridgehead atoms. The van der Waals surface area contributed by atoms with Crippen LogP contribution in [0.2, 0.25) is 0 Å². The Hall–Kier alpha value is -3.33. The summed E-state index contributed by atoms with van der Waals surface area (Å²) >= 11 is 0. The molecule has 2 aromatic heterocycles. The lowest BCUT2D eigenvalue weighted by Crippen LogP contribution is -2.44. The molecule has 2 aromatic carbocycles. The van der Waals surface area contributed by atoms with E-state index in [1.165, 1.54) is 18.6 Å². The maximum absolute atomic E-state index is 13.7. The van der Waals surface area contributed by atoms with Crippen molar-refractivity contribution in [2.75, 3.05) is 6.61 Å². The van der Waals surface area contributed by atoms with Crippen molar-refractivity contribution in [1.82, 2.24) is 19.2 Å². The summed E-state index contributed by atoms with van der Waals surface area (Å²) in [4.78, 5) is 15.6. The number of rotatable bonds is 3. The molecule has 0 spiro atoms. The fraction of sp³-hybridized carbons (Fsp3) is 0.407. The van der Waals surface area contributed by atoms with Crippen LogP contribution in [0.4, 0.5) is 13.2 Å². The molecule has 1 N–H and O–H groups in total. The second-order valence-electron chi connectivity index (χ2n) is 10.0. The van der Waals surface area contributed by atoms with Gasteiger partial charge >= 0.3 is 6.18 Å². The largest absolute Gasteiger partial charge is 0.416 e. The summed E-state index contributed by atoms with van der Waals surface area (Å²) in [6.07, 6.45) is 2.61. The van der Waals surface area contributed by atoms with Crippen LogP contribution in [0.1, 0.15) is 48.0 Å². The summed E-state index contributed by atoms with van der Waals surface area (Å²) in [5.74, 6) is 0.360. The molecule has 2 fully saturated rings. The highest BCUT2D eigenvalue weighted by atomic mass is 19.4. The maximum atomic E-state index is 13.7. The molecule has 36 heavy (non-hydrogen) atoms. The number of alkyl halides is 3. The molecule has 3 heterocycles. The molecule has 0 unspecified atom stereocenters. The van der Waals surface area contributed by atoms with Crippen LogP contribution in [0.3, 0.4) is 0 Å². The Kier molecular flexibility index (Phi) is 5.37. The zero-order valence-electron chi connectivity index (χ0n) is 19.9. The molecule has 188 valence electrons. The number of hydrogen-bond donors (Lipinski definition) is 1. The number of aliphatic hydroxyl groups is 1. The van der Waals surface area contributed by atoms with Crippen molar-refractivity contribution >= 4 is 27.8 Å². The van der Waals surface area contributed by atoms with E-state index in [0.29, 0.717) is 22.8 Å². The lowest BCUT2D eigenvalue weighted by atomic mass is 9.84. The molecule has 1 aliphatic heterocycles. The van der Waals surface area contributed by atoms with Crippen LogP contribution in [-0.4, -0.2) is 49.0 Å². The SMILES string of the molecule is Cn1cc2c3cc(C(=O)N4[C@H](CO)C[C@@H]5CCCC[C@@H]54)ccc3n(-c3ccc(C(F)(F)F)cc3)c2n1. The molecule has 1 amide bonds. The van der Waals surface area contributed by atoms with Crippen molar-refractivity contribution in [3.63, 3.8) is 0 Å². The van der Waals surface area contributed by atoms with Crippen molar-refractivity contribution in [3.8, 4) is 5.69 Å². The van der Waals surface area contributed by atoms with Crippen LogP contribution < -0.4 is 0 Å². The first kappa shape index (κ1) is 23.1. The number of amides is 1. The molecule has 4 aromatic rings. The van der Waals surface area contributed by atoms with Crippen LogP contribution in [0.25, 0.3) is 27.6 Å². The van der Waals surface area contributed by atoms with Gasteiger partial charge in [0, 0.05) is 41.3 Å². The van der Waals surface area contributed by atoms with Gasteiger partial charge in [0.25, 0.3) is 5.91 Å². The van der Waals surface area contributed by atoms with Crippen LogP contribution in [0, 0.1) is 5.92 Å². The Balaban J connectivity index is 1.44. The van der Waals surface area contributed by atoms with Gasteiger partial charge in [-0.15, -0.1) is 0 Å². The van der Waals surface area contributed by atoms with E-state index in [1.54, 1.807) is 17.8 Å². The summed E-state index contributed by atoms with van der Waals surface area (Å²) in [5.41, 5.74) is 1.77. The third-order valence-corrected chi connectivity index (χ3v) is 7.89. The number of aryl methyl sites for hydroxylation is 1. The van der Waals surface area contributed by atoms with E-state index in [0.717, 1.165) is 54.1 Å². The lowest BCUT2D eigenvalue weighted by molar-refractivity contribution is -0.137. The van der Waals surface area contributed by atoms with Crippen molar-refractivity contribution in [3.05, 3.63) is 59.8 Å². The Morgan fingerprint density at radius 3 is 2.56 bits per heavy atom. The number of hydrogen-bond acceptors (Lipinski definition) is 3. The van der Waals surface area contributed by atoms with Gasteiger partial charge in [0.15, 0.2) is 5.65 Å². The standard InChI is InChI=1S/C27H27F3N4O2/c1-32-14-22-21-13-17(26(36)34-20(15-35)12-16-4-2-3-5-23(16)34)6-11-24(21)33(25(22)31-32)19-9-7-18(8-10-19)27(28,29)30/h6-11,13-14,16,20,23,35H,2-5,12,15H2,1H3/t16-,20-,23-/m0/s1. The van der Waals surface area contributed by atoms with Gasteiger partial charge in [0.1, 0.15) is 0 Å². The van der Waals surface area contributed by atoms with Gasteiger partial charge in [0.05, 0.1) is 23.7 Å². The summed E-state index contributed by atoms with van der Waals surface area (Å²) in [6.45, 7) is -0.0435. The fourth-order valence-electron chi connectivity index (χ4n) is 6.28. The molecular formula is C27H27F3N4O2. The molecule has 0 radical (unpaired) electrons. The number of carbonyl (C=O) groups excluding carboxylic acids is 1. The normalized spacial score (nSPS) is 22.5. The topological polar surface area (TPSA) is 63.3 Å². The third kappa shape index (κ3) is 3.59. The molecule has 1 saturated heterocycles. The van der Waals surface area contributed by atoms with E-state index < -0.39 is 11.7 Å². The Labute approximate surface area is 205 Å². The van der Waals surface area contributed by atoms with Crippen LogP contribution in [0.15, 0.2) is 48.7 Å². The molecule has 9 heteroatoms. The molecular weight excluding hydrogens is 469 g/mol. The van der Waals surface area contributed by atoms with E-state index in [2.05, 4.69) is 5.10 Å². The third-order valence-electron chi connectivity index (χ3n) is 7.89. The summed E-state index contributed by atoms with van der Waals surface area (Å²) in [7, 11) is 1.79. The first-order valence-corrected chi connectivity index (χ1v) is 12.3. The quantitative estimate of drug-likeness (QED) is 0.419. The Morgan fingerprint density at radius 2 is 1.83 bits per heavy atom.